The summed E-state index contributed by atoms with van der Waals surface area (Å²) in [5.74, 6) is 2.50. The van der Waals surface area contributed by atoms with E-state index < -0.39 is 0 Å². The third-order valence-electron chi connectivity index (χ3n) is 7.32. The number of nitrogens with one attached hydrogen (secondary N) is 1. The van der Waals surface area contributed by atoms with Crippen molar-refractivity contribution >= 4 is 11.7 Å². The molecule has 3 aliphatic rings. The molecule has 0 atom stereocenters. The topological polar surface area (TPSA) is 85.2 Å². The van der Waals surface area contributed by atoms with Crippen molar-refractivity contribution in [1.29, 1.82) is 0 Å². The van der Waals surface area contributed by atoms with E-state index in [4.69, 9.17) is 9.72 Å². The molecular formula is C26H30N6O2. The van der Waals surface area contributed by atoms with Crippen LogP contribution in [0.2, 0.25) is 0 Å². The highest BCUT2D eigenvalue weighted by atomic mass is 16.5. The first-order chi connectivity index (χ1) is 16.5. The molecule has 1 saturated heterocycles. The lowest BCUT2D eigenvalue weighted by molar-refractivity contribution is -0.0611. The number of amides is 1. The Balaban J connectivity index is 1.24. The van der Waals surface area contributed by atoms with Crippen LogP contribution in [0, 0.1) is 12.8 Å². The number of rotatable bonds is 8. The van der Waals surface area contributed by atoms with Gasteiger partial charge in [0.25, 0.3) is 5.91 Å². The van der Waals surface area contributed by atoms with Crippen molar-refractivity contribution in [1.82, 2.24) is 25.1 Å². The minimum absolute atomic E-state index is 0.0147. The molecule has 0 radical (unpaired) electrons. The number of aromatic nitrogens is 4. The second kappa shape index (κ2) is 8.29. The Morgan fingerprint density at radius 2 is 2.06 bits per heavy atom. The molecule has 1 amide bonds. The van der Waals surface area contributed by atoms with E-state index in [2.05, 4.69) is 39.8 Å². The largest absolute Gasteiger partial charge is 0.379 e. The van der Waals surface area contributed by atoms with E-state index >= 15 is 0 Å². The predicted molar refractivity (Wildman–Crippen MR) is 128 cm³/mol. The number of aryl methyl sites for hydroxylation is 2. The van der Waals surface area contributed by atoms with E-state index in [9.17, 15) is 4.79 Å². The van der Waals surface area contributed by atoms with Gasteiger partial charge in [-0.2, -0.15) is 0 Å². The fourth-order valence-corrected chi connectivity index (χ4v) is 5.01. The third-order valence-corrected chi connectivity index (χ3v) is 7.32. The van der Waals surface area contributed by atoms with Crippen molar-refractivity contribution in [3.63, 3.8) is 0 Å². The van der Waals surface area contributed by atoms with Gasteiger partial charge in [0.15, 0.2) is 0 Å². The molecule has 8 heteroatoms. The molecule has 0 unspecified atom stereocenters. The summed E-state index contributed by atoms with van der Waals surface area (Å²) < 4.78 is 7.57. The van der Waals surface area contributed by atoms with Crippen molar-refractivity contribution in [2.24, 2.45) is 13.0 Å². The SMILES string of the molecule is Cc1cc(CNCC2CC2)cc(N2Cc3ccc(C4(Cc5nncn5C)COC4)cc3C2=O)n1. The molecule has 1 aromatic carbocycles. The minimum Gasteiger partial charge on any atom is -0.379 e. The van der Waals surface area contributed by atoms with Gasteiger partial charge in [-0.15, -0.1) is 10.2 Å². The third kappa shape index (κ3) is 3.91. The lowest BCUT2D eigenvalue weighted by Crippen LogP contribution is -2.49. The maximum absolute atomic E-state index is 13.5. The van der Waals surface area contributed by atoms with Crippen LogP contribution in [0.25, 0.3) is 0 Å². The van der Waals surface area contributed by atoms with Gasteiger partial charge >= 0.3 is 0 Å². The average Bonchev–Trinajstić information content (AvgIpc) is 3.44. The fraction of sp³-hybridized carbons (Fsp3) is 0.462. The molecule has 176 valence electrons. The Kier molecular flexibility index (Phi) is 5.22. The van der Waals surface area contributed by atoms with Crippen LogP contribution in [0.4, 0.5) is 5.82 Å². The van der Waals surface area contributed by atoms with Crippen LogP contribution >= 0.6 is 0 Å². The van der Waals surface area contributed by atoms with Gasteiger partial charge in [0.2, 0.25) is 0 Å². The van der Waals surface area contributed by atoms with Crippen LogP contribution in [0.15, 0.2) is 36.7 Å². The number of pyridine rings is 1. The summed E-state index contributed by atoms with van der Waals surface area (Å²) in [5.41, 5.74) is 4.85. The highest BCUT2D eigenvalue weighted by molar-refractivity contribution is 6.09. The molecule has 0 spiro atoms. The van der Waals surface area contributed by atoms with E-state index in [1.54, 1.807) is 11.2 Å². The molecule has 2 aromatic heterocycles. The molecule has 6 rings (SSSR count). The molecule has 1 N–H and O–H groups in total. The van der Waals surface area contributed by atoms with Gasteiger partial charge in [-0.05, 0) is 67.1 Å². The van der Waals surface area contributed by atoms with Crippen LogP contribution in [0.3, 0.4) is 0 Å². The first kappa shape index (κ1) is 21.4. The molecule has 1 aliphatic carbocycles. The minimum atomic E-state index is -0.175. The van der Waals surface area contributed by atoms with Crippen molar-refractivity contribution in [3.8, 4) is 0 Å². The lowest BCUT2D eigenvalue weighted by atomic mass is 9.75. The quantitative estimate of drug-likeness (QED) is 0.559. The first-order valence-corrected chi connectivity index (χ1v) is 12.0. The number of nitrogens with zero attached hydrogens (tertiary/aromatic N) is 5. The van der Waals surface area contributed by atoms with E-state index in [0.717, 1.165) is 59.5 Å². The fourth-order valence-electron chi connectivity index (χ4n) is 5.01. The molecule has 34 heavy (non-hydrogen) atoms. The van der Waals surface area contributed by atoms with Crippen molar-refractivity contribution in [2.45, 2.75) is 44.7 Å². The number of benzene rings is 1. The molecule has 1 saturated carbocycles. The van der Waals surface area contributed by atoms with Gasteiger partial charge in [-0.3, -0.25) is 9.69 Å². The highest BCUT2D eigenvalue weighted by Crippen LogP contribution is 2.38. The standard InChI is InChI=1S/C26H30N6O2/c1-17-7-19(12-27-11-18-3-4-18)8-23(29-17)32-13-20-5-6-21(9-22(20)25(32)33)26(14-34-15-26)10-24-30-28-16-31(24)2/h5-9,16,18,27H,3-4,10-15H2,1-2H3. The number of carbonyl (C=O) groups is 1. The van der Waals surface area contributed by atoms with Crippen LogP contribution < -0.4 is 10.2 Å². The Bertz CT molecular complexity index is 1240. The Hall–Kier alpha value is -3.10. The Labute approximate surface area is 199 Å². The number of anilines is 1. The average molecular weight is 459 g/mol. The summed E-state index contributed by atoms with van der Waals surface area (Å²) in [6.07, 6.45) is 5.12. The molecule has 4 heterocycles. The molecule has 0 bridgehead atoms. The second-order valence-corrected chi connectivity index (χ2v) is 10.1. The number of carbonyl (C=O) groups excluding carboxylic acids is 1. The first-order valence-electron chi connectivity index (χ1n) is 12.0. The zero-order chi connectivity index (χ0) is 23.3. The van der Waals surface area contributed by atoms with Crippen LogP contribution in [0.5, 0.6) is 0 Å². The second-order valence-electron chi connectivity index (χ2n) is 10.1. The van der Waals surface area contributed by atoms with Crippen molar-refractivity contribution < 1.29 is 9.53 Å². The van der Waals surface area contributed by atoms with Crippen LogP contribution in [-0.2, 0) is 36.7 Å². The number of hydrogen-bond acceptors (Lipinski definition) is 6. The monoisotopic (exact) mass is 458 g/mol. The van der Waals surface area contributed by atoms with Crippen LogP contribution in [0.1, 0.15) is 51.4 Å². The van der Waals surface area contributed by atoms with Gasteiger partial charge in [0.05, 0.1) is 19.8 Å². The maximum atomic E-state index is 13.5. The van der Waals surface area contributed by atoms with Gasteiger partial charge in [0, 0.05) is 36.7 Å². The van der Waals surface area contributed by atoms with Gasteiger partial charge in [-0.1, -0.05) is 12.1 Å². The van der Waals surface area contributed by atoms with E-state index in [-0.39, 0.29) is 11.3 Å². The van der Waals surface area contributed by atoms with E-state index in [1.165, 1.54) is 18.4 Å². The van der Waals surface area contributed by atoms with Crippen molar-refractivity contribution in [3.05, 3.63) is 70.4 Å². The molecule has 8 nitrogen and oxygen atoms in total. The molecular weight excluding hydrogens is 428 g/mol. The Morgan fingerprint density at radius 1 is 1.21 bits per heavy atom. The summed E-state index contributed by atoms with van der Waals surface area (Å²) in [5, 5.41) is 11.8. The number of fused-ring (bicyclic) bond motifs is 1. The summed E-state index contributed by atoms with van der Waals surface area (Å²) >= 11 is 0. The summed E-state index contributed by atoms with van der Waals surface area (Å²) in [6, 6.07) is 10.4. The summed E-state index contributed by atoms with van der Waals surface area (Å²) in [4.78, 5) is 20.0. The maximum Gasteiger partial charge on any atom is 0.260 e. The van der Waals surface area contributed by atoms with Gasteiger partial charge in [0.1, 0.15) is 18.0 Å². The Morgan fingerprint density at radius 3 is 2.76 bits per heavy atom. The molecule has 3 aromatic rings. The zero-order valence-corrected chi connectivity index (χ0v) is 19.8. The van der Waals surface area contributed by atoms with Crippen molar-refractivity contribution in [2.75, 3.05) is 24.7 Å². The van der Waals surface area contributed by atoms with Crippen LogP contribution in [-0.4, -0.2) is 45.4 Å². The summed E-state index contributed by atoms with van der Waals surface area (Å²) in [7, 11) is 1.96. The highest BCUT2D eigenvalue weighted by Gasteiger charge is 2.43. The van der Waals surface area contributed by atoms with E-state index in [1.807, 2.05) is 24.6 Å². The predicted octanol–water partition coefficient (Wildman–Crippen LogP) is 2.69. The number of hydrogen-bond donors (Lipinski definition) is 1. The molecule has 2 aliphatic heterocycles. The normalized spacial score (nSPS) is 18.8. The lowest BCUT2D eigenvalue weighted by Gasteiger charge is -2.41. The number of ether oxygens (including phenoxy) is 1. The zero-order valence-electron chi connectivity index (χ0n) is 19.8. The molecule has 2 fully saturated rings. The van der Waals surface area contributed by atoms with Gasteiger partial charge < -0.3 is 14.6 Å². The smallest absolute Gasteiger partial charge is 0.260 e. The summed E-state index contributed by atoms with van der Waals surface area (Å²) in [6.45, 7) is 5.64. The van der Waals surface area contributed by atoms with E-state index in [0.29, 0.717) is 19.8 Å². The van der Waals surface area contributed by atoms with Gasteiger partial charge in [-0.25, -0.2) is 4.98 Å².